The number of halogens is 1. The summed E-state index contributed by atoms with van der Waals surface area (Å²) in [5, 5.41) is 0.841. The Bertz CT molecular complexity index is 654. The number of likely N-dealkylation sites (tertiary alicyclic amines) is 1. The highest BCUT2D eigenvalue weighted by molar-refractivity contribution is 5.83. The van der Waals surface area contributed by atoms with Crippen LogP contribution >= 0.6 is 0 Å². The summed E-state index contributed by atoms with van der Waals surface area (Å²) in [7, 11) is 1.62. The Hall–Kier alpha value is -1.72. The molecule has 5 heteroatoms. The number of aromatic nitrogens is 1. The molecule has 22 heavy (non-hydrogen) atoms. The molecule has 0 spiro atoms. The fraction of sp³-hybridized carbons (Fsp3) is 0.471. The van der Waals surface area contributed by atoms with Crippen LogP contribution in [0.1, 0.15) is 18.4 Å². The second-order valence-corrected chi connectivity index (χ2v) is 5.90. The zero-order valence-corrected chi connectivity index (χ0v) is 12.9. The number of benzene rings is 1. The summed E-state index contributed by atoms with van der Waals surface area (Å²) in [6.07, 6.45) is 4.03. The number of hydrogen-bond acceptors (Lipinski definition) is 4. The molecule has 1 aromatic carbocycles. The Morgan fingerprint density at radius 3 is 2.86 bits per heavy atom. The molecule has 1 aliphatic heterocycles. The smallest absolute Gasteiger partial charge is 0.145 e. The van der Waals surface area contributed by atoms with E-state index in [0.29, 0.717) is 12.5 Å². The van der Waals surface area contributed by atoms with Gasteiger partial charge >= 0.3 is 0 Å². The Balaban J connectivity index is 1.81. The van der Waals surface area contributed by atoms with Gasteiger partial charge in [-0.25, -0.2) is 4.39 Å². The van der Waals surface area contributed by atoms with E-state index in [1.807, 2.05) is 18.2 Å². The molecule has 2 aromatic rings. The van der Waals surface area contributed by atoms with E-state index >= 15 is 0 Å². The van der Waals surface area contributed by atoms with Crippen LogP contribution in [0.4, 0.5) is 4.39 Å². The molecule has 0 bridgehead atoms. The number of methoxy groups -OCH3 is 1. The van der Waals surface area contributed by atoms with Crippen molar-refractivity contribution in [3.05, 3.63) is 35.8 Å². The Morgan fingerprint density at radius 2 is 2.14 bits per heavy atom. The van der Waals surface area contributed by atoms with Gasteiger partial charge in [-0.3, -0.25) is 4.98 Å². The van der Waals surface area contributed by atoms with Gasteiger partial charge in [0.15, 0.2) is 0 Å². The van der Waals surface area contributed by atoms with Crippen molar-refractivity contribution in [1.82, 2.24) is 9.88 Å². The Kier molecular flexibility index (Phi) is 4.55. The molecule has 0 unspecified atom stereocenters. The summed E-state index contributed by atoms with van der Waals surface area (Å²) in [6.45, 7) is 2.84. The molecule has 3 rings (SSSR count). The van der Waals surface area contributed by atoms with Crippen LogP contribution in [0, 0.1) is 5.82 Å². The topological polar surface area (TPSA) is 51.4 Å². The fourth-order valence-electron chi connectivity index (χ4n) is 3.03. The number of ether oxygens (including phenoxy) is 1. The quantitative estimate of drug-likeness (QED) is 0.942. The van der Waals surface area contributed by atoms with Crippen molar-refractivity contribution >= 4 is 10.9 Å². The van der Waals surface area contributed by atoms with E-state index in [9.17, 15) is 4.39 Å². The zero-order valence-electron chi connectivity index (χ0n) is 12.9. The van der Waals surface area contributed by atoms with E-state index in [-0.39, 0.29) is 5.82 Å². The number of fused-ring (bicyclic) bond motifs is 1. The Morgan fingerprint density at radius 1 is 1.36 bits per heavy atom. The minimum absolute atomic E-state index is 0.241. The summed E-state index contributed by atoms with van der Waals surface area (Å²) in [4.78, 5) is 6.52. The van der Waals surface area contributed by atoms with E-state index in [0.717, 1.165) is 54.7 Å². The number of pyridine rings is 1. The lowest BCUT2D eigenvalue weighted by Gasteiger charge is -2.30. The van der Waals surface area contributed by atoms with E-state index in [4.69, 9.17) is 10.5 Å². The van der Waals surface area contributed by atoms with Crippen molar-refractivity contribution < 1.29 is 9.13 Å². The molecule has 0 radical (unpaired) electrons. The third kappa shape index (κ3) is 3.20. The second kappa shape index (κ2) is 6.58. The molecule has 2 heterocycles. The standard InChI is InChI=1S/C17H22FN3O/c1-22-13-2-3-17-15(10-13)14(16(18)11-20-17)6-9-21-7-4-12(19)5-8-21/h2-3,10-12H,4-9,19H2,1H3. The summed E-state index contributed by atoms with van der Waals surface area (Å²) < 4.78 is 19.5. The largest absolute Gasteiger partial charge is 0.497 e. The number of nitrogens with two attached hydrogens (primary N) is 1. The number of nitrogens with zero attached hydrogens (tertiary/aromatic N) is 2. The van der Waals surface area contributed by atoms with Crippen molar-refractivity contribution in [2.75, 3.05) is 26.7 Å². The van der Waals surface area contributed by atoms with Crippen LogP contribution < -0.4 is 10.5 Å². The van der Waals surface area contributed by atoms with Gasteiger partial charge in [0.05, 0.1) is 18.8 Å². The van der Waals surface area contributed by atoms with E-state index < -0.39 is 0 Å². The van der Waals surface area contributed by atoms with Gasteiger partial charge in [-0.05, 0) is 50.6 Å². The maximum Gasteiger partial charge on any atom is 0.145 e. The minimum Gasteiger partial charge on any atom is -0.497 e. The van der Waals surface area contributed by atoms with Gasteiger partial charge in [0, 0.05) is 23.5 Å². The van der Waals surface area contributed by atoms with Crippen LogP contribution in [-0.4, -0.2) is 42.7 Å². The van der Waals surface area contributed by atoms with Crippen molar-refractivity contribution in [2.45, 2.75) is 25.3 Å². The highest BCUT2D eigenvalue weighted by atomic mass is 19.1. The van der Waals surface area contributed by atoms with E-state index in [1.165, 1.54) is 6.20 Å². The third-order valence-electron chi connectivity index (χ3n) is 4.44. The number of rotatable bonds is 4. The summed E-state index contributed by atoms with van der Waals surface area (Å²) in [6, 6.07) is 5.91. The Labute approximate surface area is 130 Å². The molecule has 0 saturated carbocycles. The first-order valence-electron chi connectivity index (χ1n) is 7.76. The average Bonchev–Trinajstić information content (AvgIpc) is 2.55. The lowest BCUT2D eigenvalue weighted by molar-refractivity contribution is 0.215. The van der Waals surface area contributed by atoms with Crippen LogP contribution in [0.2, 0.25) is 0 Å². The van der Waals surface area contributed by atoms with Gasteiger partial charge < -0.3 is 15.4 Å². The maximum absolute atomic E-state index is 14.2. The number of hydrogen-bond donors (Lipinski definition) is 1. The zero-order chi connectivity index (χ0) is 15.5. The second-order valence-electron chi connectivity index (χ2n) is 5.90. The first-order valence-corrected chi connectivity index (χ1v) is 7.76. The molecule has 2 N–H and O–H groups in total. The molecule has 4 nitrogen and oxygen atoms in total. The van der Waals surface area contributed by atoms with Crippen LogP contribution in [-0.2, 0) is 6.42 Å². The van der Waals surface area contributed by atoms with Crippen molar-refractivity contribution in [2.24, 2.45) is 5.73 Å². The van der Waals surface area contributed by atoms with E-state index in [2.05, 4.69) is 9.88 Å². The fourth-order valence-corrected chi connectivity index (χ4v) is 3.03. The molecular weight excluding hydrogens is 281 g/mol. The normalized spacial score (nSPS) is 17.0. The van der Waals surface area contributed by atoms with Crippen LogP contribution in [0.3, 0.4) is 0 Å². The summed E-state index contributed by atoms with van der Waals surface area (Å²) >= 11 is 0. The monoisotopic (exact) mass is 303 g/mol. The van der Waals surface area contributed by atoms with Gasteiger partial charge in [-0.1, -0.05) is 0 Å². The average molecular weight is 303 g/mol. The maximum atomic E-state index is 14.2. The lowest BCUT2D eigenvalue weighted by atomic mass is 10.0. The van der Waals surface area contributed by atoms with Crippen molar-refractivity contribution in [3.63, 3.8) is 0 Å². The molecule has 1 aromatic heterocycles. The highest BCUT2D eigenvalue weighted by Gasteiger charge is 2.17. The molecule has 0 atom stereocenters. The minimum atomic E-state index is -0.241. The SMILES string of the molecule is COc1ccc2ncc(F)c(CCN3CCC(N)CC3)c2c1. The molecule has 0 aliphatic carbocycles. The molecular formula is C17H22FN3O. The predicted octanol–water partition coefficient (Wildman–Crippen LogP) is 2.35. The van der Waals surface area contributed by atoms with Gasteiger partial charge in [0.25, 0.3) is 0 Å². The van der Waals surface area contributed by atoms with Crippen molar-refractivity contribution in [1.29, 1.82) is 0 Å². The van der Waals surface area contributed by atoms with E-state index in [1.54, 1.807) is 7.11 Å². The van der Waals surface area contributed by atoms with Gasteiger partial charge in [-0.15, -0.1) is 0 Å². The first kappa shape index (κ1) is 15.2. The first-order chi connectivity index (χ1) is 10.7. The summed E-state index contributed by atoms with van der Waals surface area (Å²) in [5.74, 6) is 0.486. The lowest BCUT2D eigenvalue weighted by Crippen LogP contribution is -2.40. The molecule has 0 amide bonds. The van der Waals surface area contributed by atoms with Crippen LogP contribution in [0.5, 0.6) is 5.75 Å². The molecule has 1 fully saturated rings. The molecule has 1 saturated heterocycles. The highest BCUT2D eigenvalue weighted by Crippen LogP contribution is 2.25. The van der Waals surface area contributed by atoms with Crippen LogP contribution in [0.15, 0.2) is 24.4 Å². The molecule has 118 valence electrons. The van der Waals surface area contributed by atoms with Crippen LogP contribution in [0.25, 0.3) is 10.9 Å². The van der Waals surface area contributed by atoms with Crippen molar-refractivity contribution in [3.8, 4) is 5.75 Å². The van der Waals surface area contributed by atoms with Gasteiger partial charge in [0.1, 0.15) is 11.6 Å². The van der Waals surface area contributed by atoms with Gasteiger partial charge in [-0.2, -0.15) is 0 Å². The number of piperidine rings is 1. The predicted molar refractivity (Wildman–Crippen MR) is 85.6 cm³/mol. The van der Waals surface area contributed by atoms with Gasteiger partial charge in [0.2, 0.25) is 0 Å². The summed E-state index contributed by atoms with van der Waals surface area (Å²) in [5.41, 5.74) is 7.45. The molecule has 1 aliphatic rings. The third-order valence-corrected chi connectivity index (χ3v) is 4.44.